The van der Waals surface area contributed by atoms with Crippen LogP contribution in [0.4, 0.5) is 8.78 Å². The van der Waals surface area contributed by atoms with Crippen molar-refractivity contribution in [3.8, 4) is 0 Å². The first-order valence-corrected chi connectivity index (χ1v) is 5.70. The predicted molar refractivity (Wildman–Crippen MR) is 63.8 cm³/mol. The van der Waals surface area contributed by atoms with Gasteiger partial charge in [0.2, 0.25) is 0 Å². The maximum atomic E-state index is 12.9. The van der Waals surface area contributed by atoms with Crippen molar-refractivity contribution in [2.75, 3.05) is 19.7 Å². The van der Waals surface area contributed by atoms with Gasteiger partial charge < -0.3 is 10.4 Å². The van der Waals surface area contributed by atoms with Gasteiger partial charge in [-0.1, -0.05) is 19.9 Å². The van der Waals surface area contributed by atoms with Gasteiger partial charge in [0.25, 0.3) is 0 Å². The van der Waals surface area contributed by atoms with Crippen LogP contribution < -0.4 is 5.32 Å². The third-order valence-electron chi connectivity index (χ3n) is 2.61. The van der Waals surface area contributed by atoms with Crippen LogP contribution in [0.5, 0.6) is 0 Å². The zero-order valence-corrected chi connectivity index (χ0v) is 10.3. The molecule has 96 valence electrons. The van der Waals surface area contributed by atoms with Crippen molar-refractivity contribution in [3.63, 3.8) is 0 Å². The molecule has 2 nitrogen and oxygen atoms in total. The molecule has 0 heterocycles. The molecule has 1 aromatic rings. The number of halogens is 2. The van der Waals surface area contributed by atoms with Crippen LogP contribution >= 0.6 is 0 Å². The van der Waals surface area contributed by atoms with Crippen molar-refractivity contribution in [2.45, 2.75) is 20.3 Å². The first-order valence-electron chi connectivity index (χ1n) is 5.70. The minimum Gasteiger partial charge on any atom is -0.396 e. The standard InChI is InChI=1S/C13H19F2NO/c1-13(2,9-17)8-16-6-5-10-3-4-11(14)12(15)7-10/h3-4,7,16-17H,5-6,8-9H2,1-2H3. The fraction of sp³-hybridized carbons (Fsp3) is 0.538. The fourth-order valence-electron chi connectivity index (χ4n) is 1.41. The molecule has 0 amide bonds. The minimum atomic E-state index is -0.817. The van der Waals surface area contributed by atoms with Crippen LogP contribution in [0.2, 0.25) is 0 Å². The highest BCUT2D eigenvalue weighted by Gasteiger charge is 2.15. The Balaban J connectivity index is 2.34. The molecule has 0 saturated carbocycles. The van der Waals surface area contributed by atoms with Gasteiger partial charge in [-0.25, -0.2) is 8.78 Å². The molecule has 17 heavy (non-hydrogen) atoms. The average Bonchev–Trinajstić information content (AvgIpc) is 2.29. The second-order valence-corrected chi connectivity index (χ2v) is 5.00. The van der Waals surface area contributed by atoms with Gasteiger partial charge >= 0.3 is 0 Å². The molecule has 0 atom stereocenters. The molecule has 1 aromatic carbocycles. The molecule has 0 aliphatic rings. The molecular formula is C13H19F2NO. The molecule has 0 aromatic heterocycles. The summed E-state index contributed by atoms with van der Waals surface area (Å²) in [7, 11) is 0. The average molecular weight is 243 g/mol. The third kappa shape index (κ3) is 4.79. The lowest BCUT2D eigenvalue weighted by Gasteiger charge is -2.21. The Morgan fingerprint density at radius 3 is 2.53 bits per heavy atom. The molecule has 0 aliphatic carbocycles. The van der Waals surface area contributed by atoms with Crippen LogP contribution in [0.25, 0.3) is 0 Å². The lowest BCUT2D eigenvalue weighted by atomic mass is 9.95. The fourth-order valence-corrected chi connectivity index (χ4v) is 1.41. The summed E-state index contributed by atoms with van der Waals surface area (Å²) in [6, 6.07) is 3.94. The van der Waals surface area contributed by atoms with Gasteiger partial charge in [0.15, 0.2) is 11.6 Å². The Labute approximate surface area is 101 Å². The molecule has 0 fully saturated rings. The molecule has 0 aliphatic heterocycles. The Morgan fingerprint density at radius 1 is 1.24 bits per heavy atom. The zero-order valence-electron chi connectivity index (χ0n) is 10.3. The van der Waals surface area contributed by atoms with Crippen LogP contribution in [0.3, 0.4) is 0 Å². The molecule has 0 radical (unpaired) electrons. The molecular weight excluding hydrogens is 224 g/mol. The lowest BCUT2D eigenvalue weighted by Crippen LogP contribution is -2.33. The van der Waals surface area contributed by atoms with Crippen molar-refractivity contribution in [1.29, 1.82) is 0 Å². The van der Waals surface area contributed by atoms with Gasteiger partial charge in [0.1, 0.15) is 0 Å². The predicted octanol–water partition coefficient (Wildman–Crippen LogP) is 2.12. The van der Waals surface area contributed by atoms with Gasteiger partial charge in [0.05, 0.1) is 0 Å². The van der Waals surface area contributed by atoms with E-state index in [0.29, 0.717) is 19.5 Å². The van der Waals surface area contributed by atoms with E-state index in [-0.39, 0.29) is 12.0 Å². The highest BCUT2D eigenvalue weighted by molar-refractivity contribution is 5.18. The maximum absolute atomic E-state index is 12.9. The first-order chi connectivity index (χ1) is 7.94. The van der Waals surface area contributed by atoms with E-state index in [0.717, 1.165) is 11.6 Å². The topological polar surface area (TPSA) is 32.3 Å². The molecule has 0 unspecified atom stereocenters. The number of rotatable bonds is 6. The van der Waals surface area contributed by atoms with E-state index in [1.807, 2.05) is 13.8 Å². The Morgan fingerprint density at radius 2 is 1.94 bits per heavy atom. The molecule has 1 rings (SSSR count). The molecule has 2 N–H and O–H groups in total. The lowest BCUT2D eigenvalue weighted by molar-refractivity contribution is 0.157. The number of hydrogen-bond acceptors (Lipinski definition) is 2. The summed E-state index contributed by atoms with van der Waals surface area (Å²) in [5.41, 5.74) is 0.604. The third-order valence-corrected chi connectivity index (χ3v) is 2.61. The largest absolute Gasteiger partial charge is 0.396 e. The Hall–Kier alpha value is -1.00. The first kappa shape index (κ1) is 14.1. The van der Waals surface area contributed by atoms with Crippen molar-refractivity contribution >= 4 is 0 Å². The molecule has 0 bridgehead atoms. The Bertz CT molecular complexity index is 366. The molecule has 0 spiro atoms. The van der Waals surface area contributed by atoms with Crippen molar-refractivity contribution < 1.29 is 13.9 Å². The summed E-state index contributed by atoms with van der Waals surface area (Å²) >= 11 is 0. The van der Waals surface area contributed by atoms with Crippen molar-refractivity contribution in [3.05, 3.63) is 35.4 Å². The van der Waals surface area contributed by atoms with Crippen LogP contribution in [0.1, 0.15) is 19.4 Å². The van der Waals surface area contributed by atoms with Gasteiger partial charge in [-0.3, -0.25) is 0 Å². The van der Waals surface area contributed by atoms with E-state index in [2.05, 4.69) is 5.32 Å². The van der Waals surface area contributed by atoms with Crippen molar-refractivity contribution in [1.82, 2.24) is 5.32 Å². The number of benzene rings is 1. The number of aliphatic hydroxyl groups is 1. The van der Waals surface area contributed by atoms with Gasteiger partial charge in [0, 0.05) is 18.6 Å². The summed E-state index contributed by atoms with van der Waals surface area (Å²) in [5.74, 6) is -1.62. The smallest absolute Gasteiger partial charge is 0.159 e. The molecule has 4 heteroatoms. The van der Waals surface area contributed by atoms with E-state index >= 15 is 0 Å². The normalized spacial score (nSPS) is 11.8. The van der Waals surface area contributed by atoms with Gasteiger partial charge in [-0.15, -0.1) is 0 Å². The van der Waals surface area contributed by atoms with Gasteiger partial charge in [-0.05, 0) is 30.7 Å². The van der Waals surface area contributed by atoms with Gasteiger partial charge in [-0.2, -0.15) is 0 Å². The van der Waals surface area contributed by atoms with E-state index < -0.39 is 11.6 Å². The number of aliphatic hydroxyl groups excluding tert-OH is 1. The quantitative estimate of drug-likeness (QED) is 0.750. The minimum absolute atomic E-state index is 0.116. The number of hydrogen-bond donors (Lipinski definition) is 2. The van der Waals surface area contributed by atoms with Crippen molar-refractivity contribution in [2.24, 2.45) is 5.41 Å². The summed E-state index contributed by atoms with van der Waals surface area (Å²) in [5, 5.41) is 12.2. The highest BCUT2D eigenvalue weighted by Crippen LogP contribution is 2.12. The Kier molecular flexibility index (Phi) is 5.02. The SMILES string of the molecule is CC(C)(CO)CNCCc1ccc(F)c(F)c1. The maximum Gasteiger partial charge on any atom is 0.159 e. The van der Waals surface area contributed by atoms with E-state index in [4.69, 9.17) is 5.11 Å². The summed E-state index contributed by atoms with van der Waals surface area (Å²) in [6.45, 7) is 5.39. The summed E-state index contributed by atoms with van der Waals surface area (Å²) in [6.07, 6.45) is 0.638. The highest BCUT2D eigenvalue weighted by atomic mass is 19.2. The second kappa shape index (κ2) is 6.07. The monoisotopic (exact) mass is 243 g/mol. The second-order valence-electron chi connectivity index (χ2n) is 5.00. The molecule has 0 saturated heterocycles. The summed E-state index contributed by atoms with van der Waals surface area (Å²) in [4.78, 5) is 0. The van der Waals surface area contributed by atoms with E-state index in [1.54, 1.807) is 6.07 Å². The van der Waals surface area contributed by atoms with E-state index in [1.165, 1.54) is 6.07 Å². The summed E-state index contributed by atoms with van der Waals surface area (Å²) < 4.78 is 25.6. The van der Waals surface area contributed by atoms with Crippen LogP contribution in [0, 0.1) is 17.0 Å². The number of nitrogens with one attached hydrogen (secondary N) is 1. The van der Waals surface area contributed by atoms with Crippen LogP contribution in [-0.2, 0) is 6.42 Å². The van der Waals surface area contributed by atoms with Crippen LogP contribution in [0.15, 0.2) is 18.2 Å². The van der Waals surface area contributed by atoms with Crippen LogP contribution in [-0.4, -0.2) is 24.8 Å². The van der Waals surface area contributed by atoms with E-state index in [9.17, 15) is 8.78 Å². The zero-order chi connectivity index (χ0) is 12.9.